The average molecular weight is 384 g/mol. The van der Waals surface area contributed by atoms with Crippen LogP contribution in [0, 0.1) is 5.92 Å². The summed E-state index contributed by atoms with van der Waals surface area (Å²) in [6, 6.07) is -0.365. The monoisotopic (exact) mass is 384 g/mol. The molecule has 4 N–H and O–H groups in total. The Labute approximate surface area is 157 Å². The minimum atomic E-state index is -0.682. The summed E-state index contributed by atoms with van der Waals surface area (Å²) >= 11 is 0. The molecule has 1 heterocycles. The Kier molecular flexibility index (Phi) is 10.7. The number of hydrogen-bond donors (Lipinski definition) is 4. The predicted octanol–water partition coefficient (Wildman–Crippen LogP) is -0.618. The Morgan fingerprint density at radius 3 is 2.78 bits per heavy atom. The summed E-state index contributed by atoms with van der Waals surface area (Å²) in [4.78, 5) is 36.2. The lowest BCUT2D eigenvalue weighted by Gasteiger charge is -2.16. The molecule has 152 valence electrons. The van der Waals surface area contributed by atoms with Crippen LogP contribution < -0.4 is 10.6 Å². The highest BCUT2D eigenvalue weighted by Crippen LogP contribution is 2.26. The number of aryl methyl sites for hydroxylation is 1. The van der Waals surface area contributed by atoms with Crippen LogP contribution >= 0.6 is 0 Å². The Bertz CT molecular complexity index is 566. The predicted molar refractivity (Wildman–Crippen MR) is 95.7 cm³/mol. The molecule has 0 spiro atoms. The number of rotatable bonds is 9. The molecule has 27 heavy (non-hydrogen) atoms. The van der Waals surface area contributed by atoms with Gasteiger partial charge in [-0.15, -0.1) is 0 Å². The maximum absolute atomic E-state index is 12.2. The van der Waals surface area contributed by atoms with E-state index in [-0.39, 0.29) is 36.7 Å². The average Bonchev–Trinajstić information content (AvgIpc) is 3.28. The minimum Gasteiger partial charge on any atom is -0.483 e. The molecular weight excluding hydrogens is 356 g/mol. The van der Waals surface area contributed by atoms with Crippen molar-refractivity contribution in [3.63, 3.8) is 0 Å². The highest BCUT2D eigenvalue weighted by Gasteiger charge is 2.37. The largest absolute Gasteiger partial charge is 0.483 e. The topological polar surface area (TPSA) is 143 Å². The molecule has 1 aliphatic carbocycles. The van der Waals surface area contributed by atoms with Crippen LogP contribution in [0.4, 0.5) is 0 Å². The Morgan fingerprint density at radius 1 is 1.41 bits per heavy atom. The van der Waals surface area contributed by atoms with Crippen LogP contribution in [0.5, 0.6) is 0 Å². The van der Waals surface area contributed by atoms with E-state index < -0.39 is 6.10 Å². The highest BCUT2D eigenvalue weighted by atomic mass is 16.5. The van der Waals surface area contributed by atoms with Crippen LogP contribution in [0.25, 0.3) is 0 Å². The molecule has 0 bridgehead atoms. The lowest BCUT2D eigenvalue weighted by molar-refractivity contribution is -0.125. The van der Waals surface area contributed by atoms with Gasteiger partial charge in [0, 0.05) is 44.9 Å². The van der Waals surface area contributed by atoms with Crippen LogP contribution in [0.2, 0.25) is 0 Å². The van der Waals surface area contributed by atoms with Crippen molar-refractivity contribution >= 4 is 18.3 Å². The summed E-state index contributed by atoms with van der Waals surface area (Å²) in [6.07, 6.45) is 6.57. The summed E-state index contributed by atoms with van der Waals surface area (Å²) in [6.45, 7) is 1.47. The van der Waals surface area contributed by atoms with Crippen LogP contribution in [0.3, 0.4) is 0 Å². The van der Waals surface area contributed by atoms with E-state index >= 15 is 0 Å². The second-order valence-corrected chi connectivity index (χ2v) is 6.20. The number of imidazole rings is 1. The number of carbonyl (C=O) groups excluding carboxylic acids is 2. The van der Waals surface area contributed by atoms with Crippen molar-refractivity contribution in [2.45, 2.75) is 44.4 Å². The van der Waals surface area contributed by atoms with Gasteiger partial charge in [0.2, 0.25) is 11.8 Å². The second-order valence-electron chi connectivity index (χ2n) is 6.20. The molecule has 1 saturated carbocycles. The molecule has 0 saturated heterocycles. The molecule has 0 aromatic carbocycles. The molecule has 1 fully saturated rings. The zero-order chi connectivity index (χ0) is 20.1. The third kappa shape index (κ3) is 8.65. The normalized spacial score (nSPS) is 21.0. The smallest absolute Gasteiger partial charge is 0.290 e. The first-order valence-corrected chi connectivity index (χ1v) is 8.79. The zero-order valence-electron chi connectivity index (χ0n) is 15.4. The number of nitrogens with zero attached hydrogens (tertiary/aromatic N) is 2. The van der Waals surface area contributed by atoms with Gasteiger partial charge in [-0.25, -0.2) is 4.98 Å². The van der Waals surface area contributed by atoms with Crippen molar-refractivity contribution in [1.29, 1.82) is 0 Å². The van der Waals surface area contributed by atoms with Crippen LogP contribution in [0.1, 0.15) is 25.7 Å². The standard InChI is InChI=1S/C16H26N4O4.CH2O2/c1-24-8-3-15(22)19-13-9-12(10-14(13)21)16(23)18-4-2-6-20-7-5-17-11-20;2-1-3/h5,7,11-14,21H,2-4,6,8-10H2,1H3,(H,18,23)(H,19,22);1H,(H,2,3)/t12-,13-,14-;/m0./s1. The lowest BCUT2D eigenvalue weighted by atomic mass is 10.1. The van der Waals surface area contributed by atoms with E-state index in [1.807, 2.05) is 10.8 Å². The van der Waals surface area contributed by atoms with E-state index in [2.05, 4.69) is 15.6 Å². The molecule has 0 radical (unpaired) electrons. The molecule has 1 aliphatic rings. The number of nitrogens with one attached hydrogen (secondary N) is 2. The fraction of sp³-hybridized carbons (Fsp3) is 0.647. The number of amides is 2. The first kappa shape index (κ1) is 22.6. The first-order valence-electron chi connectivity index (χ1n) is 8.79. The third-order valence-electron chi connectivity index (χ3n) is 4.23. The summed E-state index contributed by atoms with van der Waals surface area (Å²) < 4.78 is 6.81. The SMILES string of the molecule is COCCC(=O)N[C@H]1C[C@H](C(=O)NCCCn2ccnc2)C[C@@H]1O.O=CO. The quantitative estimate of drug-likeness (QED) is 0.328. The van der Waals surface area contributed by atoms with E-state index in [1.54, 1.807) is 12.5 Å². The van der Waals surface area contributed by atoms with Gasteiger partial charge in [0.05, 0.1) is 25.1 Å². The highest BCUT2D eigenvalue weighted by molar-refractivity contribution is 5.80. The van der Waals surface area contributed by atoms with Gasteiger partial charge in [0.15, 0.2) is 0 Å². The molecule has 0 aliphatic heterocycles. The molecule has 2 rings (SSSR count). The van der Waals surface area contributed by atoms with Gasteiger partial charge in [-0.05, 0) is 19.3 Å². The Morgan fingerprint density at radius 2 is 2.15 bits per heavy atom. The zero-order valence-corrected chi connectivity index (χ0v) is 15.4. The summed E-state index contributed by atoms with van der Waals surface area (Å²) in [7, 11) is 1.53. The fourth-order valence-corrected chi connectivity index (χ4v) is 2.90. The number of aliphatic hydroxyl groups excluding tert-OH is 1. The van der Waals surface area contributed by atoms with Crippen LogP contribution in [-0.2, 0) is 25.7 Å². The van der Waals surface area contributed by atoms with E-state index in [1.165, 1.54) is 7.11 Å². The van der Waals surface area contributed by atoms with E-state index in [0.29, 0.717) is 26.0 Å². The molecular formula is C17H28N4O6. The molecule has 2 amide bonds. The summed E-state index contributed by atoms with van der Waals surface area (Å²) in [5, 5.41) is 22.6. The number of hydrogen-bond acceptors (Lipinski definition) is 6. The molecule has 1 aromatic rings. The van der Waals surface area contributed by atoms with Crippen molar-refractivity contribution in [3.05, 3.63) is 18.7 Å². The van der Waals surface area contributed by atoms with Gasteiger partial charge in [0.25, 0.3) is 6.47 Å². The third-order valence-corrected chi connectivity index (χ3v) is 4.23. The lowest BCUT2D eigenvalue weighted by Crippen LogP contribution is -2.40. The molecule has 0 unspecified atom stereocenters. The summed E-state index contributed by atoms with van der Waals surface area (Å²) in [5.41, 5.74) is 0. The fourth-order valence-electron chi connectivity index (χ4n) is 2.90. The molecule has 10 nitrogen and oxygen atoms in total. The molecule has 10 heteroatoms. The Balaban J connectivity index is 0.00000114. The van der Waals surface area contributed by atoms with Crippen molar-refractivity contribution in [2.24, 2.45) is 5.92 Å². The van der Waals surface area contributed by atoms with Crippen LogP contribution in [-0.4, -0.2) is 70.5 Å². The van der Waals surface area contributed by atoms with Gasteiger partial charge in [-0.1, -0.05) is 0 Å². The maximum Gasteiger partial charge on any atom is 0.290 e. The van der Waals surface area contributed by atoms with Gasteiger partial charge < -0.3 is 30.2 Å². The maximum atomic E-state index is 12.2. The first-order chi connectivity index (χ1) is 13.0. The van der Waals surface area contributed by atoms with Gasteiger partial charge in [-0.2, -0.15) is 0 Å². The van der Waals surface area contributed by atoms with Crippen molar-refractivity contribution in [3.8, 4) is 0 Å². The number of ether oxygens (including phenoxy) is 1. The van der Waals surface area contributed by atoms with Crippen molar-refractivity contribution < 1.29 is 29.3 Å². The second kappa shape index (κ2) is 12.8. The molecule has 3 atom stereocenters. The number of carboxylic acid groups (broad SMARTS) is 1. The van der Waals surface area contributed by atoms with Gasteiger partial charge in [-0.3, -0.25) is 14.4 Å². The molecule has 1 aromatic heterocycles. The van der Waals surface area contributed by atoms with Gasteiger partial charge >= 0.3 is 0 Å². The minimum absolute atomic E-state index is 0.0617. The number of aliphatic hydroxyl groups is 1. The number of carbonyl (C=O) groups is 3. The summed E-state index contributed by atoms with van der Waals surface area (Å²) in [5.74, 6) is -0.489. The van der Waals surface area contributed by atoms with E-state index in [9.17, 15) is 14.7 Å². The van der Waals surface area contributed by atoms with Crippen LogP contribution in [0.15, 0.2) is 18.7 Å². The van der Waals surface area contributed by atoms with Crippen molar-refractivity contribution in [1.82, 2.24) is 20.2 Å². The van der Waals surface area contributed by atoms with E-state index in [0.717, 1.165) is 13.0 Å². The number of methoxy groups -OCH3 is 1. The van der Waals surface area contributed by atoms with E-state index in [4.69, 9.17) is 14.6 Å². The number of aromatic nitrogens is 2. The Hall–Kier alpha value is -2.46. The van der Waals surface area contributed by atoms with Crippen molar-refractivity contribution in [2.75, 3.05) is 20.3 Å². The van der Waals surface area contributed by atoms with Gasteiger partial charge in [0.1, 0.15) is 0 Å².